The molecule has 35 heavy (non-hydrogen) atoms. The van der Waals surface area contributed by atoms with Crippen LogP contribution in [0.2, 0.25) is 0 Å². The van der Waals surface area contributed by atoms with Crippen LogP contribution in [0.3, 0.4) is 0 Å². The standard InChI is InChI=1S/C16H17N3O.C5H8O3S.C5H6S/c1-17-13-8-6-12(7-9-13)10-19-11-16(20)18-14-4-2-3-5-15(14)19;6-2-4-9-3-1-5(7)8;1-5-3-2-4-6-5/h2-9,17H,10-11H2,1H3,(H,18,20);2H,1,3-4H2,(H,7,8);2-4H,1H3. The zero-order valence-corrected chi connectivity index (χ0v) is 21.5. The normalized spacial score (nSPS) is 11.6. The average molecular weight is 514 g/mol. The summed E-state index contributed by atoms with van der Waals surface area (Å²) >= 11 is 3.11. The molecule has 1 aromatic heterocycles. The van der Waals surface area contributed by atoms with E-state index >= 15 is 0 Å². The van der Waals surface area contributed by atoms with Gasteiger partial charge in [-0.15, -0.1) is 11.3 Å². The average Bonchev–Trinajstić information content (AvgIpc) is 3.34. The monoisotopic (exact) mass is 513 g/mol. The van der Waals surface area contributed by atoms with Gasteiger partial charge in [0.05, 0.1) is 24.3 Å². The molecule has 186 valence electrons. The number of fused-ring (bicyclic) bond motifs is 1. The topological polar surface area (TPSA) is 98.7 Å². The third-order valence-corrected chi connectivity index (χ3v) is 6.44. The zero-order valence-electron chi connectivity index (χ0n) is 19.9. The van der Waals surface area contributed by atoms with E-state index in [0.717, 1.165) is 29.9 Å². The van der Waals surface area contributed by atoms with Gasteiger partial charge in [-0.25, -0.2) is 0 Å². The molecular weight excluding hydrogens is 482 g/mol. The van der Waals surface area contributed by atoms with Crippen LogP contribution in [-0.4, -0.2) is 48.4 Å². The summed E-state index contributed by atoms with van der Waals surface area (Å²) in [5, 5.41) is 16.2. The number of anilines is 3. The number of nitrogens with zero attached hydrogens (tertiary/aromatic N) is 1. The van der Waals surface area contributed by atoms with Crippen molar-refractivity contribution in [3.8, 4) is 0 Å². The smallest absolute Gasteiger partial charge is 0.304 e. The fraction of sp³-hybridized carbons (Fsp3) is 0.269. The molecule has 0 saturated carbocycles. The van der Waals surface area contributed by atoms with Gasteiger partial charge in [0, 0.05) is 35.7 Å². The Balaban J connectivity index is 0.000000238. The predicted molar refractivity (Wildman–Crippen MR) is 147 cm³/mol. The Labute approximate surface area is 214 Å². The third-order valence-electron chi connectivity index (χ3n) is 4.78. The van der Waals surface area contributed by atoms with Gasteiger partial charge in [0.2, 0.25) is 5.91 Å². The minimum absolute atomic E-state index is 0.0375. The summed E-state index contributed by atoms with van der Waals surface area (Å²) in [5.41, 5.74) is 4.24. The van der Waals surface area contributed by atoms with Crippen molar-refractivity contribution < 1.29 is 19.5 Å². The Morgan fingerprint density at radius 3 is 2.49 bits per heavy atom. The molecule has 1 aliphatic rings. The molecule has 2 heterocycles. The van der Waals surface area contributed by atoms with E-state index in [4.69, 9.17) is 5.11 Å². The van der Waals surface area contributed by atoms with Crippen LogP contribution in [0, 0.1) is 6.92 Å². The predicted octanol–water partition coefficient (Wildman–Crippen LogP) is 5.14. The van der Waals surface area contributed by atoms with Crippen molar-refractivity contribution in [2.45, 2.75) is 19.9 Å². The van der Waals surface area contributed by atoms with E-state index in [-0.39, 0.29) is 12.3 Å². The second-order valence-electron chi connectivity index (χ2n) is 7.48. The van der Waals surface area contributed by atoms with Crippen LogP contribution in [0.5, 0.6) is 0 Å². The van der Waals surface area contributed by atoms with E-state index in [1.807, 2.05) is 43.4 Å². The highest BCUT2D eigenvalue weighted by Gasteiger charge is 2.21. The number of amides is 1. The van der Waals surface area contributed by atoms with Gasteiger partial charge in [-0.05, 0) is 48.2 Å². The Morgan fingerprint density at radius 1 is 1.17 bits per heavy atom. The number of aliphatic carboxylic acids is 1. The molecule has 0 saturated heterocycles. The van der Waals surface area contributed by atoms with E-state index < -0.39 is 5.97 Å². The van der Waals surface area contributed by atoms with Gasteiger partial charge >= 0.3 is 5.97 Å². The van der Waals surface area contributed by atoms with E-state index in [1.165, 1.54) is 22.2 Å². The van der Waals surface area contributed by atoms with Crippen molar-refractivity contribution in [2.75, 3.05) is 40.6 Å². The molecule has 3 aromatic rings. The highest BCUT2D eigenvalue weighted by molar-refractivity contribution is 7.99. The summed E-state index contributed by atoms with van der Waals surface area (Å²) in [5.74, 6) is 0.144. The third kappa shape index (κ3) is 10.7. The molecule has 0 radical (unpaired) electrons. The van der Waals surface area contributed by atoms with Crippen LogP contribution in [-0.2, 0) is 20.9 Å². The number of aryl methyl sites for hydroxylation is 1. The second kappa shape index (κ2) is 15.6. The number of aldehydes is 1. The van der Waals surface area contributed by atoms with Crippen molar-refractivity contribution >= 4 is 58.3 Å². The van der Waals surface area contributed by atoms with Gasteiger partial charge in [0.25, 0.3) is 0 Å². The minimum atomic E-state index is -0.812. The maximum atomic E-state index is 11.8. The van der Waals surface area contributed by atoms with Gasteiger partial charge in [-0.2, -0.15) is 11.8 Å². The first-order valence-corrected chi connectivity index (χ1v) is 13.1. The Kier molecular flexibility index (Phi) is 12.4. The zero-order chi connectivity index (χ0) is 25.5. The maximum Gasteiger partial charge on any atom is 0.304 e. The molecule has 4 rings (SSSR count). The SMILES string of the molecule is CNc1ccc(CN2CC(=O)Nc3ccccc32)cc1.Cc1cccs1.O=CCSCCC(=O)O. The summed E-state index contributed by atoms with van der Waals surface area (Å²) < 4.78 is 0. The van der Waals surface area contributed by atoms with Gasteiger partial charge in [-0.3, -0.25) is 9.59 Å². The van der Waals surface area contributed by atoms with Gasteiger partial charge < -0.3 is 25.4 Å². The number of thioether (sulfide) groups is 1. The highest BCUT2D eigenvalue weighted by atomic mass is 32.2. The summed E-state index contributed by atoms with van der Waals surface area (Å²) in [6.45, 7) is 3.23. The summed E-state index contributed by atoms with van der Waals surface area (Å²) in [7, 11) is 1.90. The van der Waals surface area contributed by atoms with Crippen molar-refractivity contribution in [3.63, 3.8) is 0 Å². The number of hydrogen-bond donors (Lipinski definition) is 3. The number of benzene rings is 2. The molecule has 0 aliphatic carbocycles. The lowest BCUT2D eigenvalue weighted by atomic mass is 10.1. The molecule has 0 unspecified atom stereocenters. The number of carboxylic acid groups (broad SMARTS) is 1. The van der Waals surface area contributed by atoms with Crippen LogP contribution >= 0.6 is 23.1 Å². The number of carboxylic acids is 1. The lowest BCUT2D eigenvalue weighted by molar-refractivity contribution is -0.136. The lowest BCUT2D eigenvalue weighted by Gasteiger charge is -2.30. The van der Waals surface area contributed by atoms with Crippen LogP contribution < -0.4 is 15.5 Å². The van der Waals surface area contributed by atoms with Crippen molar-refractivity contribution in [1.82, 2.24) is 0 Å². The fourth-order valence-corrected chi connectivity index (χ4v) is 4.20. The Hall–Kier alpha value is -3.30. The molecule has 0 bridgehead atoms. The number of para-hydroxylation sites is 2. The Morgan fingerprint density at radius 2 is 1.91 bits per heavy atom. The minimum Gasteiger partial charge on any atom is -0.481 e. The molecule has 0 spiro atoms. The molecule has 7 nitrogen and oxygen atoms in total. The van der Waals surface area contributed by atoms with Gasteiger partial charge in [0.1, 0.15) is 6.29 Å². The first kappa shape index (κ1) is 27.9. The van der Waals surface area contributed by atoms with Crippen LogP contribution in [0.25, 0.3) is 0 Å². The largest absolute Gasteiger partial charge is 0.481 e. The van der Waals surface area contributed by atoms with Gasteiger partial charge in [0.15, 0.2) is 0 Å². The van der Waals surface area contributed by atoms with E-state index in [2.05, 4.69) is 52.1 Å². The molecule has 0 atom stereocenters. The number of hydrogen-bond acceptors (Lipinski definition) is 7. The highest BCUT2D eigenvalue weighted by Crippen LogP contribution is 2.30. The number of nitrogens with one attached hydrogen (secondary N) is 2. The number of rotatable bonds is 8. The van der Waals surface area contributed by atoms with Gasteiger partial charge in [-0.1, -0.05) is 30.3 Å². The van der Waals surface area contributed by atoms with Crippen LogP contribution in [0.4, 0.5) is 17.1 Å². The van der Waals surface area contributed by atoms with Crippen molar-refractivity contribution in [1.29, 1.82) is 0 Å². The lowest BCUT2D eigenvalue weighted by Crippen LogP contribution is -2.37. The van der Waals surface area contributed by atoms with E-state index in [9.17, 15) is 14.4 Å². The number of carbonyl (C=O) groups excluding carboxylic acids is 2. The molecule has 1 aliphatic heterocycles. The van der Waals surface area contributed by atoms with E-state index in [1.54, 1.807) is 11.3 Å². The van der Waals surface area contributed by atoms with Crippen LogP contribution in [0.15, 0.2) is 66.0 Å². The van der Waals surface area contributed by atoms with Crippen molar-refractivity contribution in [2.24, 2.45) is 0 Å². The first-order valence-electron chi connectivity index (χ1n) is 11.1. The fourth-order valence-electron chi connectivity index (χ4n) is 3.09. The molecular formula is C26H31N3O4S2. The molecule has 2 aromatic carbocycles. The molecule has 1 amide bonds. The first-order chi connectivity index (χ1) is 16.9. The summed E-state index contributed by atoms with van der Waals surface area (Å²) in [6.07, 6.45) is 0.908. The number of thiophene rings is 1. The summed E-state index contributed by atoms with van der Waals surface area (Å²) in [6, 6.07) is 20.3. The maximum absolute atomic E-state index is 11.8. The Bertz CT molecular complexity index is 1060. The molecule has 0 fully saturated rings. The summed E-state index contributed by atoms with van der Waals surface area (Å²) in [4.78, 5) is 34.8. The number of carbonyl (C=O) groups is 3. The van der Waals surface area contributed by atoms with Crippen LogP contribution in [0.1, 0.15) is 16.9 Å². The molecule has 9 heteroatoms. The molecule has 3 N–H and O–H groups in total. The van der Waals surface area contributed by atoms with E-state index in [0.29, 0.717) is 18.1 Å². The second-order valence-corrected chi connectivity index (χ2v) is 9.78. The van der Waals surface area contributed by atoms with Crippen molar-refractivity contribution in [3.05, 3.63) is 76.5 Å². The quantitative estimate of drug-likeness (QED) is 0.283.